The molecule has 0 bridgehead atoms. The number of fused-ring (bicyclic) bond motifs is 1. The summed E-state index contributed by atoms with van der Waals surface area (Å²) in [7, 11) is 0. The maximum Gasteiger partial charge on any atom is 0.309 e. The summed E-state index contributed by atoms with van der Waals surface area (Å²) in [4.78, 5) is 22.9. The molecule has 1 aromatic rings. The number of aliphatic hydroxyl groups excluding tert-OH is 1. The zero-order valence-electron chi connectivity index (χ0n) is 12.0. The third-order valence-corrected chi connectivity index (χ3v) is 3.30. The van der Waals surface area contributed by atoms with Crippen LogP contribution in [0, 0.1) is 0 Å². The minimum absolute atomic E-state index is 0.00196. The van der Waals surface area contributed by atoms with E-state index in [1.165, 1.54) is 0 Å². The van der Waals surface area contributed by atoms with Crippen molar-refractivity contribution >= 4 is 11.8 Å². The number of hydrogen-bond acceptors (Lipinski definition) is 4. The van der Waals surface area contributed by atoms with Crippen LogP contribution in [-0.2, 0) is 16.0 Å². The number of carbonyl (C=O) groups excluding carboxylic acids is 2. The van der Waals surface area contributed by atoms with Crippen LogP contribution in [0.5, 0.6) is 5.75 Å². The van der Waals surface area contributed by atoms with E-state index >= 15 is 0 Å². The summed E-state index contributed by atoms with van der Waals surface area (Å²) >= 11 is 0. The number of hydrogen-bond donors (Lipinski definition) is 3. The molecule has 6 nitrogen and oxygen atoms in total. The summed E-state index contributed by atoms with van der Waals surface area (Å²) in [6.45, 7) is 3.01. The molecular formula is C15H20N2O4. The van der Waals surface area contributed by atoms with Gasteiger partial charge in [-0.15, -0.1) is 0 Å². The lowest BCUT2D eigenvalue weighted by molar-refractivity contribution is -0.139. The smallest absolute Gasteiger partial charge is 0.309 e. The van der Waals surface area contributed by atoms with Crippen molar-refractivity contribution < 1.29 is 19.4 Å². The van der Waals surface area contributed by atoms with Crippen LogP contribution in [0.2, 0.25) is 0 Å². The number of ether oxygens (including phenoxy) is 1. The van der Waals surface area contributed by atoms with Gasteiger partial charge in [-0.25, -0.2) is 0 Å². The first kappa shape index (κ1) is 15.3. The van der Waals surface area contributed by atoms with E-state index < -0.39 is 17.9 Å². The maximum atomic E-state index is 11.5. The zero-order chi connectivity index (χ0) is 15.2. The van der Waals surface area contributed by atoms with Gasteiger partial charge in [-0.3, -0.25) is 9.59 Å². The first-order valence-corrected chi connectivity index (χ1v) is 7.11. The standard InChI is InChI=1S/C15H20N2O4/c1-2-6-16-14(19)15(20)17-9-12(18)10-3-4-13-11(8-10)5-7-21-13/h3-4,8,12,18H,2,5-7,9H2,1H3,(H,16,19)(H,17,20). The van der Waals surface area contributed by atoms with Crippen LogP contribution in [0.3, 0.4) is 0 Å². The van der Waals surface area contributed by atoms with Crippen molar-refractivity contribution in [2.24, 2.45) is 0 Å². The van der Waals surface area contributed by atoms with E-state index in [1.54, 1.807) is 6.07 Å². The highest BCUT2D eigenvalue weighted by atomic mass is 16.5. The molecule has 1 heterocycles. The van der Waals surface area contributed by atoms with Gasteiger partial charge in [0.25, 0.3) is 0 Å². The Morgan fingerprint density at radius 1 is 1.33 bits per heavy atom. The van der Waals surface area contributed by atoms with Gasteiger partial charge in [0.2, 0.25) is 0 Å². The molecule has 0 aromatic heterocycles. The Balaban J connectivity index is 1.85. The molecule has 0 aliphatic carbocycles. The van der Waals surface area contributed by atoms with Crippen molar-refractivity contribution in [1.82, 2.24) is 10.6 Å². The zero-order valence-corrected chi connectivity index (χ0v) is 12.0. The SMILES string of the molecule is CCCNC(=O)C(=O)NCC(O)c1ccc2c(c1)CCO2. The highest BCUT2D eigenvalue weighted by Crippen LogP contribution is 2.27. The second-order valence-electron chi connectivity index (χ2n) is 4.95. The summed E-state index contributed by atoms with van der Waals surface area (Å²) in [5.74, 6) is -0.563. The monoisotopic (exact) mass is 292 g/mol. The topological polar surface area (TPSA) is 87.7 Å². The molecule has 1 aliphatic heterocycles. The van der Waals surface area contributed by atoms with E-state index in [-0.39, 0.29) is 6.54 Å². The van der Waals surface area contributed by atoms with Gasteiger partial charge in [-0.1, -0.05) is 13.0 Å². The second kappa shape index (κ2) is 7.08. The lowest BCUT2D eigenvalue weighted by Gasteiger charge is -2.13. The Bertz CT molecular complexity index is 530. The lowest BCUT2D eigenvalue weighted by atomic mass is 10.0. The van der Waals surface area contributed by atoms with Gasteiger partial charge >= 0.3 is 11.8 Å². The van der Waals surface area contributed by atoms with Crippen LogP contribution >= 0.6 is 0 Å². The lowest BCUT2D eigenvalue weighted by Crippen LogP contribution is -2.41. The van der Waals surface area contributed by atoms with E-state index in [1.807, 2.05) is 19.1 Å². The van der Waals surface area contributed by atoms with Gasteiger partial charge in [0, 0.05) is 19.5 Å². The molecule has 2 rings (SSSR count). The Hall–Kier alpha value is -2.08. The minimum Gasteiger partial charge on any atom is -0.493 e. The molecule has 3 N–H and O–H groups in total. The predicted octanol–water partition coefficient (Wildman–Crippen LogP) is 0.297. The Labute approximate surface area is 123 Å². The summed E-state index contributed by atoms with van der Waals surface area (Å²) < 4.78 is 5.40. The highest BCUT2D eigenvalue weighted by Gasteiger charge is 2.17. The van der Waals surface area contributed by atoms with E-state index in [9.17, 15) is 14.7 Å². The average molecular weight is 292 g/mol. The molecule has 1 aliphatic rings. The van der Waals surface area contributed by atoms with Gasteiger partial charge in [0.15, 0.2) is 0 Å². The van der Waals surface area contributed by atoms with Crippen molar-refractivity contribution in [2.75, 3.05) is 19.7 Å². The van der Waals surface area contributed by atoms with E-state index in [4.69, 9.17) is 4.74 Å². The van der Waals surface area contributed by atoms with Crippen molar-refractivity contribution in [3.05, 3.63) is 29.3 Å². The van der Waals surface area contributed by atoms with Crippen LogP contribution in [0.4, 0.5) is 0 Å². The summed E-state index contributed by atoms with van der Waals surface area (Å²) in [5.41, 5.74) is 1.76. The Kier molecular flexibility index (Phi) is 5.16. The first-order chi connectivity index (χ1) is 10.1. The number of amides is 2. The van der Waals surface area contributed by atoms with Crippen LogP contribution in [0.25, 0.3) is 0 Å². The molecule has 21 heavy (non-hydrogen) atoms. The molecule has 0 saturated heterocycles. The number of aliphatic hydroxyl groups is 1. The molecule has 0 fully saturated rings. The van der Waals surface area contributed by atoms with Crippen LogP contribution in [-0.4, -0.2) is 36.6 Å². The molecule has 6 heteroatoms. The molecule has 0 spiro atoms. The fraction of sp³-hybridized carbons (Fsp3) is 0.467. The molecule has 1 atom stereocenters. The summed E-state index contributed by atoms with van der Waals surface area (Å²) in [6.07, 6.45) is 0.736. The quantitative estimate of drug-likeness (QED) is 0.681. The molecule has 1 unspecified atom stereocenters. The van der Waals surface area contributed by atoms with Crippen molar-refractivity contribution in [3.8, 4) is 5.75 Å². The highest BCUT2D eigenvalue weighted by molar-refractivity contribution is 6.35. The van der Waals surface area contributed by atoms with Gasteiger partial charge in [-0.2, -0.15) is 0 Å². The number of carbonyl (C=O) groups is 2. The third-order valence-electron chi connectivity index (χ3n) is 3.30. The number of rotatable bonds is 5. The van der Waals surface area contributed by atoms with Crippen LogP contribution in [0.1, 0.15) is 30.6 Å². The minimum atomic E-state index is -0.848. The fourth-order valence-corrected chi connectivity index (χ4v) is 2.12. The fourth-order valence-electron chi connectivity index (χ4n) is 2.12. The predicted molar refractivity (Wildman–Crippen MR) is 76.9 cm³/mol. The van der Waals surface area contributed by atoms with Crippen molar-refractivity contribution in [3.63, 3.8) is 0 Å². The normalized spacial score (nSPS) is 14.0. The van der Waals surface area contributed by atoms with Crippen LogP contribution < -0.4 is 15.4 Å². The van der Waals surface area contributed by atoms with Gasteiger partial charge in [0.05, 0.1) is 12.7 Å². The van der Waals surface area contributed by atoms with Crippen LogP contribution in [0.15, 0.2) is 18.2 Å². The second-order valence-corrected chi connectivity index (χ2v) is 4.95. The molecule has 0 saturated carbocycles. The van der Waals surface area contributed by atoms with Gasteiger partial charge in [-0.05, 0) is 29.7 Å². The Morgan fingerprint density at radius 2 is 2.10 bits per heavy atom. The third kappa shape index (κ3) is 3.95. The molecular weight excluding hydrogens is 272 g/mol. The van der Waals surface area contributed by atoms with E-state index in [0.717, 1.165) is 24.2 Å². The first-order valence-electron chi connectivity index (χ1n) is 7.11. The maximum absolute atomic E-state index is 11.5. The molecule has 114 valence electrons. The summed E-state index contributed by atoms with van der Waals surface area (Å²) in [5, 5.41) is 15.0. The average Bonchev–Trinajstić information content (AvgIpc) is 2.97. The van der Waals surface area contributed by atoms with Crippen molar-refractivity contribution in [1.29, 1.82) is 0 Å². The Morgan fingerprint density at radius 3 is 2.86 bits per heavy atom. The van der Waals surface area contributed by atoms with Gasteiger partial charge < -0.3 is 20.5 Å². The molecule has 2 amide bonds. The van der Waals surface area contributed by atoms with E-state index in [0.29, 0.717) is 18.7 Å². The van der Waals surface area contributed by atoms with Crippen molar-refractivity contribution in [2.45, 2.75) is 25.9 Å². The van der Waals surface area contributed by atoms with Gasteiger partial charge in [0.1, 0.15) is 5.75 Å². The largest absolute Gasteiger partial charge is 0.493 e. The van der Waals surface area contributed by atoms with E-state index in [2.05, 4.69) is 10.6 Å². The number of nitrogens with one attached hydrogen (secondary N) is 2. The molecule has 0 radical (unpaired) electrons. The molecule has 1 aromatic carbocycles. The summed E-state index contributed by atoms with van der Waals surface area (Å²) in [6, 6.07) is 5.45. The number of benzene rings is 1.